The summed E-state index contributed by atoms with van der Waals surface area (Å²) in [7, 11) is 0. The van der Waals surface area contributed by atoms with Gasteiger partial charge in [0.25, 0.3) is 5.91 Å². The first kappa shape index (κ1) is 18.1. The average Bonchev–Trinajstić information content (AvgIpc) is 2.58. The Labute approximate surface area is 146 Å². The molecule has 2 aromatic carbocycles. The number of carboxylic acid groups (broad SMARTS) is 1. The lowest BCUT2D eigenvalue weighted by molar-refractivity contribution is -0.139. The lowest BCUT2D eigenvalue weighted by Crippen LogP contribution is -2.41. The zero-order chi connectivity index (χ0) is 17.5. The van der Waals surface area contributed by atoms with Gasteiger partial charge in [-0.05, 0) is 42.5 Å². The van der Waals surface area contributed by atoms with Crippen molar-refractivity contribution in [3.05, 3.63) is 59.7 Å². The molecule has 0 bridgehead atoms. The molecule has 5 heteroatoms. The van der Waals surface area contributed by atoms with Crippen LogP contribution in [0.1, 0.15) is 22.3 Å². The Bertz CT molecular complexity index is 716. The van der Waals surface area contributed by atoms with Crippen LogP contribution >= 0.6 is 11.8 Å². The number of nitrogens with one attached hydrogen (secondary N) is 1. The molecular weight excluding hydrogens is 322 g/mol. The van der Waals surface area contributed by atoms with Crippen LogP contribution in [0.15, 0.2) is 48.5 Å². The Kier molecular flexibility index (Phi) is 6.44. The summed E-state index contributed by atoms with van der Waals surface area (Å²) in [5.41, 5.74) is 3.18. The summed E-state index contributed by atoms with van der Waals surface area (Å²) in [6.07, 6.45) is 2.31. The maximum Gasteiger partial charge on any atom is 0.326 e. The van der Waals surface area contributed by atoms with Crippen molar-refractivity contribution in [3.8, 4) is 11.1 Å². The SMILES string of the molecule is CSCCC(NC(=O)c1cc(C)ccc1-c1ccccc1)C(=O)O. The lowest BCUT2D eigenvalue weighted by Gasteiger charge is -2.16. The molecule has 4 nitrogen and oxygen atoms in total. The molecule has 0 fully saturated rings. The minimum absolute atomic E-state index is 0.356. The van der Waals surface area contributed by atoms with Crippen LogP contribution in [0.4, 0.5) is 0 Å². The van der Waals surface area contributed by atoms with Crippen molar-refractivity contribution >= 4 is 23.6 Å². The molecule has 0 saturated heterocycles. The highest BCUT2D eigenvalue weighted by Crippen LogP contribution is 2.24. The number of benzene rings is 2. The quantitative estimate of drug-likeness (QED) is 0.806. The fraction of sp³-hybridized carbons (Fsp3) is 0.263. The molecule has 0 radical (unpaired) electrons. The molecule has 0 spiro atoms. The van der Waals surface area contributed by atoms with Crippen LogP contribution in [0.5, 0.6) is 0 Å². The molecule has 126 valence electrons. The monoisotopic (exact) mass is 343 g/mol. The molecule has 2 aromatic rings. The van der Waals surface area contributed by atoms with Gasteiger partial charge in [-0.2, -0.15) is 11.8 Å². The number of hydrogen-bond donors (Lipinski definition) is 2. The highest BCUT2D eigenvalue weighted by atomic mass is 32.2. The van der Waals surface area contributed by atoms with Crippen LogP contribution in [0.2, 0.25) is 0 Å². The molecule has 1 atom stereocenters. The molecular formula is C19H21NO3S. The zero-order valence-electron chi connectivity index (χ0n) is 13.8. The van der Waals surface area contributed by atoms with Gasteiger partial charge < -0.3 is 10.4 Å². The van der Waals surface area contributed by atoms with Crippen LogP contribution in [-0.4, -0.2) is 35.0 Å². The van der Waals surface area contributed by atoms with E-state index in [0.29, 0.717) is 17.7 Å². The second kappa shape index (κ2) is 8.55. The first-order valence-corrected chi connectivity index (χ1v) is 9.11. The summed E-state index contributed by atoms with van der Waals surface area (Å²) >= 11 is 1.56. The molecule has 0 aliphatic carbocycles. The molecule has 0 saturated carbocycles. The van der Waals surface area contributed by atoms with Crippen molar-refractivity contribution in [2.45, 2.75) is 19.4 Å². The molecule has 0 heterocycles. The van der Waals surface area contributed by atoms with E-state index in [1.807, 2.05) is 55.6 Å². The number of aliphatic carboxylic acids is 1. The minimum atomic E-state index is -1.01. The molecule has 0 aromatic heterocycles. The third-order valence-corrected chi connectivity index (χ3v) is 4.36. The summed E-state index contributed by atoms with van der Waals surface area (Å²) in [5.74, 6) is -0.686. The summed E-state index contributed by atoms with van der Waals surface area (Å²) in [4.78, 5) is 24.1. The molecule has 0 aliphatic rings. The Morgan fingerprint density at radius 3 is 2.50 bits per heavy atom. The van der Waals surface area contributed by atoms with Crippen molar-refractivity contribution in [1.82, 2.24) is 5.32 Å². The third-order valence-electron chi connectivity index (χ3n) is 3.72. The normalized spacial score (nSPS) is 11.8. The van der Waals surface area contributed by atoms with Crippen molar-refractivity contribution in [1.29, 1.82) is 0 Å². The van der Waals surface area contributed by atoms with Gasteiger partial charge in [0, 0.05) is 5.56 Å². The lowest BCUT2D eigenvalue weighted by atomic mass is 9.97. The second-order valence-corrected chi connectivity index (χ2v) is 6.55. The number of carboxylic acids is 1. The van der Waals surface area contributed by atoms with Crippen molar-refractivity contribution in [2.24, 2.45) is 0 Å². The van der Waals surface area contributed by atoms with Crippen molar-refractivity contribution in [3.63, 3.8) is 0 Å². The number of carbonyl (C=O) groups is 2. The Morgan fingerprint density at radius 1 is 1.17 bits per heavy atom. The van der Waals surface area contributed by atoms with E-state index in [1.165, 1.54) is 0 Å². The molecule has 1 amide bonds. The number of rotatable bonds is 7. The Hall–Kier alpha value is -2.27. The van der Waals surface area contributed by atoms with Gasteiger partial charge in [-0.1, -0.05) is 48.0 Å². The largest absolute Gasteiger partial charge is 0.480 e. The molecule has 24 heavy (non-hydrogen) atoms. The van der Waals surface area contributed by atoms with Gasteiger partial charge in [-0.3, -0.25) is 4.79 Å². The van der Waals surface area contributed by atoms with E-state index >= 15 is 0 Å². The van der Waals surface area contributed by atoms with Gasteiger partial charge in [0.1, 0.15) is 6.04 Å². The molecule has 2 rings (SSSR count). The van der Waals surface area contributed by atoms with Gasteiger partial charge in [0.05, 0.1) is 0 Å². The van der Waals surface area contributed by atoms with Crippen LogP contribution in [0, 0.1) is 6.92 Å². The van der Waals surface area contributed by atoms with Crippen LogP contribution < -0.4 is 5.32 Å². The van der Waals surface area contributed by atoms with Crippen molar-refractivity contribution < 1.29 is 14.7 Å². The Morgan fingerprint density at radius 2 is 1.88 bits per heavy atom. The smallest absolute Gasteiger partial charge is 0.326 e. The topological polar surface area (TPSA) is 66.4 Å². The van der Waals surface area contributed by atoms with E-state index in [9.17, 15) is 14.7 Å². The first-order valence-electron chi connectivity index (χ1n) is 7.71. The first-order chi connectivity index (χ1) is 11.5. The third kappa shape index (κ3) is 4.61. The summed E-state index contributed by atoms with van der Waals surface area (Å²) in [6, 6.07) is 14.4. The summed E-state index contributed by atoms with van der Waals surface area (Å²) < 4.78 is 0. The molecule has 0 aliphatic heterocycles. The number of thioether (sulfide) groups is 1. The number of carbonyl (C=O) groups excluding carboxylic acids is 1. The fourth-order valence-corrected chi connectivity index (χ4v) is 2.92. The maximum atomic E-state index is 12.7. The maximum absolute atomic E-state index is 12.7. The number of amides is 1. The van der Waals surface area contributed by atoms with Crippen LogP contribution in [0.25, 0.3) is 11.1 Å². The van der Waals surface area contributed by atoms with E-state index in [4.69, 9.17) is 0 Å². The predicted molar refractivity (Wildman–Crippen MR) is 98.5 cm³/mol. The summed E-state index contributed by atoms with van der Waals surface area (Å²) in [6.45, 7) is 1.91. The molecule has 1 unspecified atom stereocenters. The Balaban J connectivity index is 2.31. The van der Waals surface area contributed by atoms with E-state index in [1.54, 1.807) is 17.8 Å². The number of hydrogen-bond acceptors (Lipinski definition) is 3. The highest BCUT2D eigenvalue weighted by Gasteiger charge is 2.22. The van der Waals surface area contributed by atoms with Gasteiger partial charge in [-0.15, -0.1) is 0 Å². The summed E-state index contributed by atoms with van der Waals surface area (Å²) in [5, 5.41) is 12.0. The van der Waals surface area contributed by atoms with Gasteiger partial charge >= 0.3 is 5.97 Å². The van der Waals surface area contributed by atoms with Crippen LogP contribution in [0.3, 0.4) is 0 Å². The highest BCUT2D eigenvalue weighted by molar-refractivity contribution is 7.98. The van der Waals surface area contributed by atoms with Gasteiger partial charge in [0.2, 0.25) is 0 Å². The van der Waals surface area contributed by atoms with Gasteiger partial charge in [-0.25, -0.2) is 4.79 Å². The number of aryl methyl sites for hydroxylation is 1. The predicted octanol–water partition coefficient (Wildman–Crippen LogP) is 3.60. The van der Waals surface area contributed by atoms with E-state index in [-0.39, 0.29) is 5.91 Å². The van der Waals surface area contributed by atoms with Gasteiger partial charge in [0.15, 0.2) is 0 Å². The van der Waals surface area contributed by atoms with E-state index in [0.717, 1.165) is 16.7 Å². The van der Waals surface area contributed by atoms with Crippen LogP contribution in [-0.2, 0) is 4.79 Å². The standard InChI is InChI=1S/C19H21NO3S/c1-13-8-9-15(14-6-4-3-5-7-14)16(12-13)18(21)20-17(19(22)23)10-11-24-2/h3-9,12,17H,10-11H2,1-2H3,(H,20,21)(H,22,23). The minimum Gasteiger partial charge on any atom is -0.480 e. The molecule has 2 N–H and O–H groups in total. The average molecular weight is 343 g/mol. The second-order valence-electron chi connectivity index (χ2n) is 5.56. The fourth-order valence-electron chi connectivity index (χ4n) is 2.44. The van der Waals surface area contributed by atoms with E-state index < -0.39 is 12.0 Å². The van der Waals surface area contributed by atoms with E-state index in [2.05, 4.69) is 5.32 Å². The van der Waals surface area contributed by atoms with Crippen molar-refractivity contribution in [2.75, 3.05) is 12.0 Å². The zero-order valence-corrected chi connectivity index (χ0v) is 14.6.